The van der Waals surface area contributed by atoms with E-state index >= 15 is 0 Å². The van der Waals surface area contributed by atoms with E-state index in [1.807, 2.05) is 121 Å². The molecule has 528 valence electrons. The van der Waals surface area contributed by atoms with Gasteiger partial charge in [0.1, 0.15) is 22.3 Å². The van der Waals surface area contributed by atoms with Crippen LogP contribution in [0.4, 0.5) is 0 Å². The van der Waals surface area contributed by atoms with E-state index in [2.05, 4.69) is 264 Å². The summed E-state index contributed by atoms with van der Waals surface area (Å²) in [7, 11) is 0. The van der Waals surface area contributed by atoms with E-state index in [-0.39, 0.29) is 0 Å². The topological polar surface area (TPSA) is 127 Å². The number of fused-ring (bicyclic) bond motifs is 15. The summed E-state index contributed by atoms with van der Waals surface area (Å²) in [5.41, 5.74) is 23.1. The van der Waals surface area contributed by atoms with Crippen LogP contribution in [0.3, 0.4) is 0 Å². The first kappa shape index (κ1) is 64.7. The molecule has 0 N–H and O–H groups in total. The molecular formula is C102H62N8O3. The molecule has 11 nitrogen and oxygen atoms in total. The Balaban J connectivity index is 0.000000138. The maximum Gasteiger partial charge on any atom is 0.164 e. The van der Waals surface area contributed by atoms with Gasteiger partial charge in [-0.25, -0.2) is 29.9 Å². The molecule has 0 saturated heterocycles. The molecule has 0 aliphatic carbocycles. The predicted octanol–water partition coefficient (Wildman–Crippen LogP) is 26.6. The SMILES string of the molecule is c1ccc(-c2ccc(-c3nc(-c4ccccc4)nc(-c4cccc5oc6c(-n7c8ccccc8c8ccccc87)ccc(-c7ccccc7)c6c45)n3)cc2)cc1.c1ccc(-c2nc(-c3ccc4c(c3)oc3ccccc34)nc(-c3cccc4oc5c(-n6c7ccccc7c7ccccc76)ccc(-c6ccccc6)c5c34)n2)cc1. The van der Waals surface area contributed by atoms with Crippen LogP contribution in [0.15, 0.2) is 389 Å². The number of nitrogens with zero attached hydrogens (tertiary/aromatic N) is 8. The van der Waals surface area contributed by atoms with Gasteiger partial charge in [-0.05, 0) is 100 Å². The Bertz CT molecular complexity index is 7550. The lowest BCUT2D eigenvalue weighted by Gasteiger charge is -2.12. The Morgan fingerprint density at radius 2 is 0.487 bits per heavy atom. The van der Waals surface area contributed by atoms with E-state index in [1.54, 1.807) is 0 Å². The molecule has 0 bridgehead atoms. The average Bonchev–Trinajstić information content (AvgIpc) is 1.57. The smallest absolute Gasteiger partial charge is 0.164 e. The van der Waals surface area contributed by atoms with Gasteiger partial charge in [0.15, 0.2) is 46.1 Å². The standard InChI is InChI=1S/C51H30N4O2.C51H32N4O/c1-3-14-31(15-4-1)34-28-29-42(55-40-22-10-7-18-35(40)36-19-8-11-23-41(36)55)48-47(34)46-39(21-13-25-44(46)57-48)51-53-49(32-16-5-2-6-17-32)52-50(54-51)33-26-27-38-37-20-9-12-24-43(37)56-45(38)30-33;1-4-15-33(16-5-1)34-27-29-37(30-28-34)50-52-49(36-19-8-3-9-20-36)53-51(54-50)41-23-14-26-45-46(41)47-38(35-17-6-2-7-18-35)31-32-44(48(47)56-45)55-42-24-12-10-21-39(42)40-22-11-13-25-43(40)55/h1-30H;1-32H. The summed E-state index contributed by atoms with van der Waals surface area (Å²) in [6.45, 7) is 0. The van der Waals surface area contributed by atoms with Gasteiger partial charge in [0.2, 0.25) is 0 Å². The van der Waals surface area contributed by atoms with Crippen molar-refractivity contribution in [2.75, 3.05) is 0 Å². The summed E-state index contributed by atoms with van der Waals surface area (Å²) >= 11 is 0. The van der Waals surface area contributed by atoms with Crippen molar-refractivity contribution in [3.63, 3.8) is 0 Å². The van der Waals surface area contributed by atoms with Gasteiger partial charge in [0, 0.05) is 87.2 Å². The van der Waals surface area contributed by atoms with E-state index in [9.17, 15) is 0 Å². The molecule has 16 aromatic carbocycles. The molecule has 0 fully saturated rings. The second kappa shape index (κ2) is 26.7. The monoisotopic (exact) mass is 1450 g/mol. The molecule has 0 aliphatic rings. The quantitative estimate of drug-likeness (QED) is 0.124. The van der Waals surface area contributed by atoms with Crippen molar-refractivity contribution < 1.29 is 13.3 Å². The first-order valence-corrected chi connectivity index (χ1v) is 37.8. The van der Waals surface area contributed by atoms with Crippen LogP contribution in [0, 0.1) is 0 Å². The number of benzene rings is 16. The number of hydrogen-bond acceptors (Lipinski definition) is 9. The van der Waals surface area contributed by atoms with Crippen molar-refractivity contribution >= 4 is 109 Å². The van der Waals surface area contributed by atoms with E-state index < -0.39 is 0 Å². The van der Waals surface area contributed by atoms with Crippen LogP contribution in [0.1, 0.15) is 0 Å². The molecule has 0 spiro atoms. The van der Waals surface area contributed by atoms with Crippen molar-refractivity contribution in [3.05, 3.63) is 376 Å². The van der Waals surface area contributed by atoms with E-state index in [0.29, 0.717) is 34.9 Å². The molecule has 0 aliphatic heterocycles. The molecule has 113 heavy (non-hydrogen) atoms. The van der Waals surface area contributed by atoms with E-state index in [1.165, 1.54) is 21.5 Å². The van der Waals surface area contributed by atoms with Crippen molar-refractivity contribution in [3.8, 4) is 113 Å². The normalized spacial score (nSPS) is 11.7. The molecule has 23 aromatic rings. The van der Waals surface area contributed by atoms with Gasteiger partial charge in [-0.15, -0.1) is 0 Å². The van der Waals surface area contributed by atoms with Gasteiger partial charge >= 0.3 is 0 Å². The maximum atomic E-state index is 7.03. The molecule has 7 heterocycles. The summed E-state index contributed by atoms with van der Waals surface area (Å²) in [6.07, 6.45) is 0. The van der Waals surface area contributed by atoms with Crippen molar-refractivity contribution in [2.24, 2.45) is 0 Å². The zero-order valence-corrected chi connectivity index (χ0v) is 60.6. The van der Waals surface area contributed by atoms with Crippen LogP contribution in [-0.4, -0.2) is 39.0 Å². The Kier molecular flexibility index (Phi) is 15.3. The lowest BCUT2D eigenvalue weighted by Crippen LogP contribution is -2.00. The minimum Gasteiger partial charge on any atom is -0.456 e. The van der Waals surface area contributed by atoms with Crippen molar-refractivity contribution in [2.45, 2.75) is 0 Å². The molecule has 0 amide bonds. The molecule has 0 atom stereocenters. The fourth-order valence-corrected chi connectivity index (χ4v) is 16.6. The highest BCUT2D eigenvalue weighted by atomic mass is 16.3. The van der Waals surface area contributed by atoms with Gasteiger partial charge in [-0.3, -0.25) is 0 Å². The second-order valence-electron chi connectivity index (χ2n) is 28.3. The van der Waals surface area contributed by atoms with Crippen LogP contribution in [0.25, 0.3) is 223 Å². The lowest BCUT2D eigenvalue weighted by atomic mass is 9.96. The molecule has 23 rings (SSSR count). The number of rotatable bonds is 11. The van der Waals surface area contributed by atoms with Crippen LogP contribution in [-0.2, 0) is 0 Å². The van der Waals surface area contributed by atoms with Crippen LogP contribution in [0.2, 0.25) is 0 Å². The Labute approximate surface area is 646 Å². The van der Waals surface area contributed by atoms with Gasteiger partial charge < -0.3 is 22.4 Å². The summed E-state index contributed by atoms with van der Waals surface area (Å²) in [4.78, 5) is 31.0. The molecular weight excluding hydrogens is 1390 g/mol. The third kappa shape index (κ3) is 11.0. The van der Waals surface area contributed by atoms with E-state index in [4.69, 9.17) is 43.2 Å². The highest BCUT2D eigenvalue weighted by molar-refractivity contribution is 6.22. The minimum absolute atomic E-state index is 0.554. The zero-order chi connectivity index (χ0) is 74.5. The summed E-state index contributed by atoms with van der Waals surface area (Å²) in [5.74, 6) is 3.48. The number of furan rings is 3. The van der Waals surface area contributed by atoms with Crippen LogP contribution >= 0.6 is 0 Å². The van der Waals surface area contributed by atoms with Gasteiger partial charge in [0.25, 0.3) is 0 Å². The second-order valence-corrected chi connectivity index (χ2v) is 28.3. The maximum absolute atomic E-state index is 7.03. The minimum atomic E-state index is 0.554. The highest BCUT2D eigenvalue weighted by Gasteiger charge is 2.28. The molecule has 0 radical (unpaired) electrons. The Morgan fingerprint density at radius 1 is 0.177 bits per heavy atom. The van der Waals surface area contributed by atoms with Crippen LogP contribution in [0.5, 0.6) is 0 Å². The van der Waals surface area contributed by atoms with Crippen molar-refractivity contribution in [1.82, 2.24) is 39.0 Å². The fraction of sp³-hybridized carbons (Fsp3) is 0. The average molecular weight is 1450 g/mol. The third-order valence-electron chi connectivity index (χ3n) is 21.8. The predicted molar refractivity (Wildman–Crippen MR) is 459 cm³/mol. The Hall–Kier alpha value is -15.5. The fourth-order valence-electron chi connectivity index (χ4n) is 16.6. The van der Waals surface area contributed by atoms with Crippen LogP contribution < -0.4 is 0 Å². The summed E-state index contributed by atoms with van der Waals surface area (Å²) in [6, 6.07) is 130. The number of aromatic nitrogens is 8. The zero-order valence-electron chi connectivity index (χ0n) is 60.6. The Morgan fingerprint density at radius 3 is 0.920 bits per heavy atom. The first-order chi connectivity index (χ1) is 56.0. The molecule has 11 heteroatoms. The van der Waals surface area contributed by atoms with Gasteiger partial charge in [-0.2, -0.15) is 0 Å². The van der Waals surface area contributed by atoms with Gasteiger partial charge in [0.05, 0.1) is 33.4 Å². The summed E-state index contributed by atoms with van der Waals surface area (Å²) in [5, 5.41) is 10.8. The highest BCUT2D eigenvalue weighted by Crippen LogP contribution is 2.49. The lowest BCUT2D eigenvalue weighted by molar-refractivity contribution is 0.666. The summed E-state index contributed by atoms with van der Waals surface area (Å²) < 4.78 is 25.0. The molecule has 0 unspecified atom stereocenters. The number of para-hydroxylation sites is 5. The first-order valence-electron chi connectivity index (χ1n) is 37.8. The molecule has 0 saturated carbocycles. The largest absolute Gasteiger partial charge is 0.456 e. The van der Waals surface area contributed by atoms with Crippen molar-refractivity contribution in [1.29, 1.82) is 0 Å². The van der Waals surface area contributed by atoms with E-state index in [0.717, 1.165) is 166 Å². The third-order valence-corrected chi connectivity index (χ3v) is 21.8. The molecule has 7 aromatic heterocycles. The van der Waals surface area contributed by atoms with Gasteiger partial charge in [-0.1, -0.05) is 309 Å². The number of hydrogen-bond donors (Lipinski definition) is 0.